The smallest absolute Gasteiger partial charge is 0.545 e. The van der Waals surface area contributed by atoms with Crippen molar-refractivity contribution >= 4 is 17.9 Å². The van der Waals surface area contributed by atoms with E-state index < -0.39 is 17.9 Å². The van der Waals surface area contributed by atoms with Crippen molar-refractivity contribution in [2.45, 2.75) is 0 Å². The molecule has 0 unspecified atom stereocenters. The molecule has 3 aromatic rings. The van der Waals surface area contributed by atoms with E-state index in [4.69, 9.17) is 0 Å². The van der Waals surface area contributed by atoms with Crippen LogP contribution in [-0.4, -0.2) is 17.9 Å². The van der Waals surface area contributed by atoms with E-state index in [1.807, 2.05) is 0 Å². The zero-order valence-electron chi connectivity index (χ0n) is 14.4. The number of aromatic carboxylic acids is 3. The van der Waals surface area contributed by atoms with Gasteiger partial charge in [-0.3, -0.25) is 0 Å². The summed E-state index contributed by atoms with van der Waals surface area (Å²) in [5.74, 6) is -3.39. The molecule has 0 saturated heterocycles. The van der Waals surface area contributed by atoms with Gasteiger partial charge in [-0.05, 0) is 16.7 Å². The third-order valence-electron chi connectivity index (χ3n) is 3.03. The van der Waals surface area contributed by atoms with Gasteiger partial charge in [0.1, 0.15) is 0 Å². The fourth-order valence-corrected chi connectivity index (χ4v) is 1.72. The number of hydrogen-bond donors (Lipinski definition) is 0. The molecule has 7 heteroatoms. The molecule has 6 nitrogen and oxygen atoms in total. The van der Waals surface area contributed by atoms with Crippen LogP contribution in [0.5, 0.6) is 0 Å². The fourth-order valence-electron chi connectivity index (χ4n) is 1.72. The summed E-state index contributed by atoms with van der Waals surface area (Å²) < 4.78 is 0. The predicted molar refractivity (Wildman–Crippen MR) is 92.3 cm³/mol. The van der Waals surface area contributed by atoms with E-state index in [9.17, 15) is 29.7 Å². The Morgan fingerprint density at radius 3 is 0.714 bits per heavy atom. The fraction of sp³-hybridized carbons (Fsp3) is 0. The Bertz CT molecular complexity index is 734. The number of benzene rings is 3. The van der Waals surface area contributed by atoms with E-state index in [2.05, 4.69) is 0 Å². The molecular formula is C21H15O6Rh. The van der Waals surface area contributed by atoms with Crippen molar-refractivity contribution in [2.24, 2.45) is 0 Å². The van der Waals surface area contributed by atoms with Crippen LogP contribution in [0.15, 0.2) is 91.0 Å². The summed E-state index contributed by atoms with van der Waals surface area (Å²) in [4.78, 5) is 30.3. The third-order valence-corrected chi connectivity index (χ3v) is 3.03. The van der Waals surface area contributed by atoms with E-state index in [0.29, 0.717) is 0 Å². The Morgan fingerprint density at radius 2 is 0.607 bits per heavy atom. The van der Waals surface area contributed by atoms with Gasteiger partial charge in [-0.15, -0.1) is 0 Å². The summed E-state index contributed by atoms with van der Waals surface area (Å²) >= 11 is 0. The molecule has 0 aliphatic heterocycles. The number of carbonyl (C=O) groups excluding carboxylic acids is 3. The van der Waals surface area contributed by atoms with Crippen LogP contribution in [-0.2, 0) is 19.5 Å². The van der Waals surface area contributed by atoms with Crippen LogP contribution < -0.4 is 15.3 Å². The quantitative estimate of drug-likeness (QED) is 0.507. The molecule has 0 bridgehead atoms. The van der Waals surface area contributed by atoms with Crippen molar-refractivity contribution in [3.8, 4) is 0 Å². The van der Waals surface area contributed by atoms with Crippen molar-refractivity contribution in [1.82, 2.24) is 0 Å². The molecule has 0 fully saturated rings. The Morgan fingerprint density at radius 1 is 0.429 bits per heavy atom. The first-order valence-corrected chi connectivity index (χ1v) is 7.71. The summed E-state index contributed by atoms with van der Waals surface area (Å²) in [5, 5.41) is 30.3. The van der Waals surface area contributed by atoms with Crippen molar-refractivity contribution in [3.05, 3.63) is 108 Å². The summed E-state index contributed by atoms with van der Waals surface area (Å²) in [7, 11) is 0. The van der Waals surface area contributed by atoms with Gasteiger partial charge in [0.2, 0.25) is 0 Å². The van der Waals surface area contributed by atoms with Crippen LogP contribution in [0, 0.1) is 0 Å². The average Bonchev–Trinajstić information content (AvgIpc) is 2.71. The molecule has 0 aromatic heterocycles. The minimum Gasteiger partial charge on any atom is -0.545 e. The first-order chi connectivity index (χ1) is 12.9. The van der Waals surface area contributed by atoms with E-state index in [0.717, 1.165) is 0 Å². The second kappa shape index (κ2) is 13.8. The van der Waals surface area contributed by atoms with Gasteiger partial charge >= 0.3 is 19.5 Å². The van der Waals surface area contributed by atoms with Crippen molar-refractivity contribution < 1.29 is 49.2 Å². The molecule has 0 N–H and O–H groups in total. The van der Waals surface area contributed by atoms with Gasteiger partial charge in [-0.25, -0.2) is 0 Å². The molecule has 0 atom stereocenters. The molecular weight excluding hydrogens is 451 g/mol. The molecule has 0 spiro atoms. The van der Waals surface area contributed by atoms with E-state index in [1.54, 1.807) is 54.6 Å². The summed E-state index contributed by atoms with van der Waals surface area (Å²) in [5.41, 5.74) is 0.660. The number of carboxylic acids is 3. The molecule has 28 heavy (non-hydrogen) atoms. The standard InChI is InChI=1S/3C7H6O2.Rh/c3*8-7(9)6-4-2-1-3-5-6;/h3*1-5H,(H,8,9);/q;;;+3/p-3. The largest absolute Gasteiger partial charge is 3.00 e. The van der Waals surface area contributed by atoms with Gasteiger partial charge in [0.25, 0.3) is 0 Å². The molecule has 0 aliphatic rings. The summed E-state index contributed by atoms with van der Waals surface area (Å²) in [6.07, 6.45) is 0. The minimum atomic E-state index is -1.13. The predicted octanol–water partition coefficient (Wildman–Crippen LogP) is 0.148. The van der Waals surface area contributed by atoms with Gasteiger partial charge in [0, 0.05) is 0 Å². The number of carbonyl (C=O) groups is 3. The Kier molecular flexibility index (Phi) is 12.2. The maximum atomic E-state index is 10.1. The van der Waals surface area contributed by atoms with Crippen LogP contribution in [0.1, 0.15) is 31.1 Å². The Labute approximate surface area is 174 Å². The van der Waals surface area contributed by atoms with Crippen LogP contribution >= 0.6 is 0 Å². The van der Waals surface area contributed by atoms with Crippen molar-refractivity contribution in [1.29, 1.82) is 0 Å². The van der Waals surface area contributed by atoms with E-state index >= 15 is 0 Å². The number of hydrogen-bond acceptors (Lipinski definition) is 6. The SMILES string of the molecule is O=C([O-])c1ccccc1.O=C([O-])c1ccccc1.O=C([O-])c1ccccc1.[Rh+3]. The van der Waals surface area contributed by atoms with Crippen LogP contribution in [0.25, 0.3) is 0 Å². The Balaban J connectivity index is 0.000000384. The molecule has 3 aromatic carbocycles. The zero-order valence-corrected chi connectivity index (χ0v) is 16.1. The van der Waals surface area contributed by atoms with Gasteiger partial charge < -0.3 is 29.7 Å². The Hall–Kier alpha value is -3.31. The van der Waals surface area contributed by atoms with Gasteiger partial charge in [-0.1, -0.05) is 91.0 Å². The summed E-state index contributed by atoms with van der Waals surface area (Å²) in [6.45, 7) is 0. The second-order valence-electron chi connectivity index (χ2n) is 4.96. The first-order valence-electron chi connectivity index (χ1n) is 7.71. The van der Waals surface area contributed by atoms with Crippen molar-refractivity contribution in [3.63, 3.8) is 0 Å². The van der Waals surface area contributed by atoms with Crippen LogP contribution in [0.4, 0.5) is 0 Å². The average molecular weight is 466 g/mol. The van der Waals surface area contributed by atoms with E-state index in [-0.39, 0.29) is 36.2 Å². The second-order valence-corrected chi connectivity index (χ2v) is 4.96. The number of rotatable bonds is 3. The maximum Gasteiger partial charge on any atom is 3.00 e. The molecule has 0 radical (unpaired) electrons. The molecule has 144 valence electrons. The number of carboxylic acid groups (broad SMARTS) is 3. The van der Waals surface area contributed by atoms with E-state index in [1.165, 1.54) is 36.4 Å². The third kappa shape index (κ3) is 9.99. The minimum absolute atomic E-state index is 0. The monoisotopic (exact) mass is 466 g/mol. The van der Waals surface area contributed by atoms with Crippen molar-refractivity contribution in [2.75, 3.05) is 0 Å². The van der Waals surface area contributed by atoms with Crippen LogP contribution in [0.2, 0.25) is 0 Å². The van der Waals surface area contributed by atoms with Gasteiger partial charge in [0.05, 0.1) is 17.9 Å². The zero-order chi connectivity index (χ0) is 20.1. The molecule has 3 rings (SSSR count). The molecule has 0 aliphatic carbocycles. The summed E-state index contributed by atoms with van der Waals surface area (Å²) in [6, 6.07) is 24.2. The van der Waals surface area contributed by atoms with Gasteiger partial charge in [-0.2, -0.15) is 0 Å². The van der Waals surface area contributed by atoms with Gasteiger partial charge in [0.15, 0.2) is 0 Å². The topological polar surface area (TPSA) is 120 Å². The maximum absolute atomic E-state index is 10.1. The molecule has 0 amide bonds. The van der Waals surface area contributed by atoms with Crippen LogP contribution in [0.3, 0.4) is 0 Å². The normalized spacial score (nSPS) is 8.57. The molecule has 0 heterocycles. The first kappa shape index (κ1) is 24.7. The molecule has 0 saturated carbocycles.